The first kappa shape index (κ1) is 19.5. The predicted octanol–water partition coefficient (Wildman–Crippen LogP) is 4.25. The van der Waals surface area contributed by atoms with Crippen LogP contribution in [-0.4, -0.2) is 16.6 Å². The van der Waals surface area contributed by atoms with E-state index in [9.17, 15) is 18.0 Å². The van der Waals surface area contributed by atoms with Gasteiger partial charge in [-0.15, -0.1) is 0 Å². The summed E-state index contributed by atoms with van der Waals surface area (Å²) < 4.78 is 38.1. The van der Waals surface area contributed by atoms with Crippen molar-refractivity contribution in [2.24, 2.45) is 11.7 Å². The van der Waals surface area contributed by atoms with Gasteiger partial charge in [-0.1, -0.05) is 31.5 Å². The van der Waals surface area contributed by atoms with Crippen molar-refractivity contribution in [3.8, 4) is 0 Å². The number of halogens is 3. The van der Waals surface area contributed by atoms with Crippen molar-refractivity contribution in [1.82, 2.24) is 0 Å². The normalized spacial score (nSPS) is 15.9. The average molecular weight is 331 g/mol. The van der Waals surface area contributed by atoms with E-state index in [0.717, 1.165) is 12.5 Å². The molecule has 0 saturated carbocycles. The van der Waals surface area contributed by atoms with E-state index in [2.05, 4.69) is 0 Å². The molecule has 0 aliphatic carbocycles. The molecule has 0 fully saturated rings. The lowest BCUT2D eigenvalue weighted by atomic mass is 9.87. The Hall–Kier alpha value is -1.56. The van der Waals surface area contributed by atoms with Crippen LogP contribution in [0.15, 0.2) is 24.3 Å². The smallest absolute Gasteiger partial charge is 0.416 e. The zero-order valence-electron chi connectivity index (χ0n) is 13.5. The standard InChI is InChI=1S/C17H24F3NO2/c1-3-12(9-10-16(2,21)15(22)23)7-8-13-5-4-6-14(11-13)17(18,19)20/h4-6,11-12H,3,7-10,21H2,1-2H3,(H,22,23). The number of hydrogen-bond acceptors (Lipinski definition) is 2. The summed E-state index contributed by atoms with van der Waals surface area (Å²) in [6, 6.07) is 5.34. The van der Waals surface area contributed by atoms with Gasteiger partial charge in [-0.3, -0.25) is 4.79 Å². The number of hydrogen-bond donors (Lipinski definition) is 2. The molecule has 2 unspecified atom stereocenters. The molecule has 3 N–H and O–H groups in total. The number of benzene rings is 1. The third kappa shape index (κ3) is 6.22. The van der Waals surface area contributed by atoms with Crippen molar-refractivity contribution in [2.75, 3.05) is 0 Å². The molecule has 3 nitrogen and oxygen atoms in total. The number of carboxylic acid groups (broad SMARTS) is 1. The molecule has 0 amide bonds. The third-order valence-electron chi connectivity index (χ3n) is 4.23. The van der Waals surface area contributed by atoms with Crippen molar-refractivity contribution >= 4 is 5.97 Å². The Kier molecular flexibility index (Phi) is 6.62. The predicted molar refractivity (Wildman–Crippen MR) is 83.0 cm³/mol. The molecule has 0 saturated heterocycles. The first-order valence-electron chi connectivity index (χ1n) is 7.74. The van der Waals surface area contributed by atoms with E-state index in [1.54, 1.807) is 6.07 Å². The fraction of sp³-hybridized carbons (Fsp3) is 0.588. The van der Waals surface area contributed by atoms with E-state index in [1.807, 2.05) is 6.92 Å². The van der Waals surface area contributed by atoms with E-state index in [4.69, 9.17) is 10.8 Å². The zero-order valence-corrected chi connectivity index (χ0v) is 13.5. The van der Waals surface area contributed by atoms with Gasteiger partial charge < -0.3 is 10.8 Å². The highest BCUT2D eigenvalue weighted by atomic mass is 19.4. The molecule has 6 heteroatoms. The van der Waals surface area contributed by atoms with Gasteiger partial charge in [0.15, 0.2) is 0 Å². The summed E-state index contributed by atoms with van der Waals surface area (Å²) in [6.45, 7) is 3.47. The third-order valence-corrected chi connectivity index (χ3v) is 4.23. The van der Waals surface area contributed by atoms with E-state index >= 15 is 0 Å². The molecule has 23 heavy (non-hydrogen) atoms. The Labute approximate surface area is 134 Å². The van der Waals surface area contributed by atoms with Gasteiger partial charge in [-0.25, -0.2) is 0 Å². The quantitative estimate of drug-likeness (QED) is 0.748. The molecule has 130 valence electrons. The summed E-state index contributed by atoms with van der Waals surface area (Å²) in [5, 5.41) is 9.01. The van der Waals surface area contributed by atoms with Crippen molar-refractivity contribution in [1.29, 1.82) is 0 Å². The molecular weight excluding hydrogens is 307 g/mol. The molecule has 1 aromatic carbocycles. The van der Waals surface area contributed by atoms with Gasteiger partial charge in [0.25, 0.3) is 0 Å². The summed E-state index contributed by atoms with van der Waals surface area (Å²) in [5.41, 5.74) is 4.46. The van der Waals surface area contributed by atoms with E-state index in [0.29, 0.717) is 31.2 Å². The van der Waals surface area contributed by atoms with E-state index in [1.165, 1.54) is 19.1 Å². The maximum atomic E-state index is 12.7. The van der Waals surface area contributed by atoms with Crippen LogP contribution in [0.25, 0.3) is 0 Å². The van der Waals surface area contributed by atoms with Gasteiger partial charge in [0, 0.05) is 0 Å². The second-order valence-electron chi connectivity index (χ2n) is 6.27. The Morgan fingerprint density at radius 1 is 1.30 bits per heavy atom. The SMILES string of the molecule is CCC(CCc1cccc(C(F)(F)F)c1)CCC(C)(N)C(=O)O. The van der Waals surface area contributed by atoms with Crippen LogP contribution < -0.4 is 5.73 Å². The molecule has 0 bridgehead atoms. The number of nitrogens with two attached hydrogens (primary N) is 1. The molecule has 0 spiro atoms. The van der Waals surface area contributed by atoms with Gasteiger partial charge in [0.1, 0.15) is 5.54 Å². The number of carboxylic acids is 1. The van der Waals surface area contributed by atoms with Crippen LogP contribution in [0.3, 0.4) is 0 Å². The summed E-state index contributed by atoms with van der Waals surface area (Å²) in [6.07, 6.45) is -1.24. The monoisotopic (exact) mass is 331 g/mol. The van der Waals surface area contributed by atoms with Crippen molar-refractivity contribution in [2.45, 2.75) is 57.7 Å². The lowest BCUT2D eigenvalue weighted by Gasteiger charge is -2.22. The highest BCUT2D eigenvalue weighted by Crippen LogP contribution is 2.30. The fourth-order valence-electron chi connectivity index (χ4n) is 2.44. The maximum absolute atomic E-state index is 12.7. The number of alkyl halides is 3. The second-order valence-corrected chi connectivity index (χ2v) is 6.27. The Balaban J connectivity index is 2.60. The highest BCUT2D eigenvalue weighted by molar-refractivity contribution is 5.77. The number of carbonyl (C=O) groups is 1. The van der Waals surface area contributed by atoms with Crippen LogP contribution in [0.1, 0.15) is 50.7 Å². The molecule has 0 radical (unpaired) electrons. The lowest BCUT2D eigenvalue weighted by Crippen LogP contribution is -2.45. The van der Waals surface area contributed by atoms with Crippen LogP contribution in [0, 0.1) is 5.92 Å². The zero-order chi connectivity index (χ0) is 17.7. The molecule has 0 heterocycles. The van der Waals surface area contributed by atoms with Crippen LogP contribution in [0.2, 0.25) is 0 Å². The Morgan fingerprint density at radius 2 is 1.96 bits per heavy atom. The summed E-state index contributed by atoms with van der Waals surface area (Å²) in [4.78, 5) is 11.0. The number of rotatable bonds is 8. The van der Waals surface area contributed by atoms with Gasteiger partial charge in [0.2, 0.25) is 0 Å². The topological polar surface area (TPSA) is 63.3 Å². The van der Waals surface area contributed by atoms with E-state index in [-0.39, 0.29) is 5.92 Å². The molecule has 0 aliphatic heterocycles. The van der Waals surface area contributed by atoms with Crippen LogP contribution in [0.4, 0.5) is 13.2 Å². The summed E-state index contributed by atoms with van der Waals surface area (Å²) in [5.74, 6) is -0.794. The fourth-order valence-corrected chi connectivity index (χ4v) is 2.44. The van der Waals surface area contributed by atoms with Gasteiger partial charge >= 0.3 is 12.1 Å². The highest BCUT2D eigenvalue weighted by Gasteiger charge is 2.30. The molecule has 2 atom stereocenters. The molecule has 0 aliphatic rings. The first-order valence-corrected chi connectivity index (χ1v) is 7.74. The number of aryl methyl sites for hydroxylation is 1. The lowest BCUT2D eigenvalue weighted by molar-refractivity contribution is -0.143. The summed E-state index contributed by atoms with van der Waals surface area (Å²) in [7, 11) is 0. The van der Waals surface area contributed by atoms with E-state index < -0.39 is 23.2 Å². The minimum atomic E-state index is -4.33. The average Bonchev–Trinajstić information content (AvgIpc) is 2.46. The molecule has 0 aromatic heterocycles. The Bertz CT molecular complexity index is 527. The first-order chi connectivity index (χ1) is 10.6. The summed E-state index contributed by atoms with van der Waals surface area (Å²) >= 11 is 0. The van der Waals surface area contributed by atoms with Gasteiger partial charge in [-0.2, -0.15) is 13.2 Å². The van der Waals surface area contributed by atoms with Gasteiger partial charge in [0.05, 0.1) is 5.56 Å². The van der Waals surface area contributed by atoms with Crippen LogP contribution in [-0.2, 0) is 17.4 Å². The minimum Gasteiger partial charge on any atom is -0.480 e. The molecular formula is C17H24F3NO2. The maximum Gasteiger partial charge on any atom is 0.416 e. The minimum absolute atomic E-state index is 0.242. The van der Waals surface area contributed by atoms with Crippen LogP contribution >= 0.6 is 0 Å². The molecule has 1 rings (SSSR count). The Morgan fingerprint density at radius 3 is 2.48 bits per heavy atom. The van der Waals surface area contributed by atoms with Crippen LogP contribution in [0.5, 0.6) is 0 Å². The van der Waals surface area contributed by atoms with Gasteiger partial charge in [-0.05, 0) is 50.2 Å². The second kappa shape index (κ2) is 7.81. The van der Waals surface area contributed by atoms with Crippen molar-refractivity contribution in [3.63, 3.8) is 0 Å². The largest absolute Gasteiger partial charge is 0.480 e. The molecule has 1 aromatic rings. The van der Waals surface area contributed by atoms with Crippen molar-refractivity contribution in [3.05, 3.63) is 35.4 Å². The van der Waals surface area contributed by atoms with Crippen molar-refractivity contribution < 1.29 is 23.1 Å². The number of aliphatic carboxylic acids is 1.